The molecule has 0 aliphatic rings. The topological polar surface area (TPSA) is 78.9 Å². The molecule has 0 heterocycles. The van der Waals surface area contributed by atoms with Crippen molar-refractivity contribution in [1.29, 1.82) is 0 Å². The van der Waals surface area contributed by atoms with Gasteiger partial charge in [0.2, 0.25) is 0 Å². The molecule has 1 unspecified atom stereocenters. The minimum atomic E-state index is -0.774. The van der Waals surface area contributed by atoms with Crippen molar-refractivity contribution in [3.8, 4) is 0 Å². The number of ether oxygens (including phenoxy) is 3. The summed E-state index contributed by atoms with van der Waals surface area (Å²) in [6.45, 7) is 6.49. The van der Waals surface area contributed by atoms with Gasteiger partial charge in [0.15, 0.2) is 6.10 Å². The highest BCUT2D eigenvalue weighted by atomic mass is 16.6. The van der Waals surface area contributed by atoms with Gasteiger partial charge >= 0.3 is 17.9 Å². The Morgan fingerprint density at radius 1 is 0.392 bits per heavy atom. The molecule has 0 aromatic rings. The van der Waals surface area contributed by atoms with Gasteiger partial charge in [-0.25, -0.2) is 0 Å². The standard InChI is InChI=1S/C45H80O6/c1-4-7-10-13-16-18-20-22-23-24-26-27-29-32-35-38-44(47)50-41-42(40-49-43(46)37-34-31-15-12-9-6-3)51-45(48)39-36-33-30-28-25-21-19-17-14-11-8-5-2/h16-19,22-23,42H,4-15,20-21,24-41H2,1-3H3/b18-16-,19-17-,23-22-. The smallest absolute Gasteiger partial charge is 0.306 e. The minimum absolute atomic E-state index is 0.0800. The molecule has 0 aromatic heterocycles. The summed E-state index contributed by atoms with van der Waals surface area (Å²) in [5, 5.41) is 0. The first-order valence-corrected chi connectivity index (χ1v) is 21.5. The summed E-state index contributed by atoms with van der Waals surface area (Å²) >= 11 is 0. The molecule has 0 N–H and O–H groups in total. The monoisotopic (exact) mass is 717 g/mol. The fraction of sp³-hybridized carbons (Fsp3) is 0.800. The van der Waals surface area contributed by atoms with Crippen molar-refractivity contribution in [2.24, 2.45) is 0 Å². The zero-order chi connectivity index (χ0) is 37.3. The third-order valence-corrected chi connectivity index (χ3v) is 9.12. The van der Waals surface area contributed by atoms with E-state index in [2.05, 4.69) is 57.2 Å². The van der Waals surface area contributed by atoms with Crippen molar-refractivity contribution in [2.45, 2.75) is 219 Å². The van der Waals surface area contributed by atoms with Crippen LogP contribution in [0.15, 0.2) is 36.5 Å². The van der Waals surface area contributed by atoms with E-state index in [9.17, 15) is 14.4 Å². The summed E-state index contributed by atoms with van der Waals surface area (Å²) in [4.78, 5) is 37.4. The molecule has 1 atom stereocenters. The molecular weight excluding hydrogens is 636 g/mol. The molecule has 51 heavy (non-hydrogen) atoms. The number of hydrogen-bond acceptors (Lipinski definition) is 6. The molecule has 6 nitrogen and oxygen atoms in total. The first kappa shape index (κ1) is 48.6. The maximum atomic E-state index is 12.6. The summed E-state index contributed by atoms with van der Waals surface area (Å²) in [6, 6.07) is 0. The van der Waals surface area contributed by atoms with E-state index >= 15 is 0 Å². The van der Waals surface area contributed by atoms with Crippen LogP contribution in [0.2, 0.25) is 0 Å². The van der Waals surface area contributed by atoms with Gasteiger partial charge in [-0.15, -0.1) is 0 Å². The van der Waals surface area contributed by atoms with Crippen LogP contribution in [-0.4, -0.2) is 37.2 Å². The molecule has 0 aliphatic heterocycles. The molecular formula is C45H80O6. The molecule has 0 saturated heterocycles. The Labute approximate surface area is 315 Å². The predicted molar refractivity (Wildman–Crippen MR) is 215 cm³/mol. The highest BCUT2D eigenvalue weighted by Gasteiger charge is 2.19. The molecule has 0 spiro atoms. The van der Waals surface area contributed by atoms with Gasteiger partial charge in [-0.3, -0.25) is 14.4 Å². The van der Waals surface area contributed by atoms with E-state index < -0.39 is 6.10 Å². The zero-order valence-electron chi connectivity index (χ0n) is 33.6. The van der Waals surface area contributed by atoms with Crippen LogP contribution in [0, 0.1) is 0 Å². The second-order valence-corrected chi connectivity index (χ2v) is 14.3. The Balaban J connectivity index is 4.32. The molecule has 0 aliphatic carbocycles. The number of carbonyl (C=O) groups excluding carboxylic acids is 3. The van der Waals surface area contributed by atoms with Crippen LogP contribution in [0.1, 0.15) is 213 Å². The summed E-state index contributed by atoms with van der Waals surface area (Å²) < 4.78 is 16.6. The Hall–Kier alpha value is -2.37. The maximum absolute atomic E-state index is 12.6. The molecule has 0 saturated carbocycles. The second kappa shape index (κ2) is 40.4. The highest BCUT2D eigenvalue weighted by Crippen LogP contribution is 2.13. The first-order chi connectivity index (χ1) is 25.0. The Kier molecular flexibility index (Phi) is 38.5. The summed E-state index contributed by atoms with van der Waals surface area (Å²) in [5.41, 5.74) is 0. The highest BCUT2D eigenvalue weighted by molar-refractivity contribution is 5.71. The number of rotatable bonds is 38. The van der Waals surface area contributed by atoms with Crippen molar-refractivity contribution in [2.75, 3.05) is 13.2 Å². The van der Waals surface area contributed by atoms with Crippen LogP contribution in [0.3, 0.4) is 0 Å². The molecule has 6 heteroatoms. The number of esters is 3. The van der Waals surface area contributed by atoms with Gasteiger partial charge in [-0.2, -0.15) is 0 Å². The zero-order valence-corrected chi connectivity index (χ0v) is 33.6. The SMILES string of the molecule is CCCCC/C=C\C/C=C\CCCCCCCC(=O)OCC(COC(=O)CCCCCCCC)OC(=O)CCCCCCC/C=C\CCCCC. The van der Waals surface area contributed by atoms with E-state index in [0.29, 0.717) is 19.3 Å². The third kappa shape index (κ3) is 38.7. The van der Waals surface area contributed by atoms with Crippen LogP contribution in [0.25, 0.3) is 0 Å². The molecule has 296 valence electrons. The summed E-state index contributed by atoms with van der Waals surface area (Å²) in [5.74, 6) is -0.915. The number of hydrogen-bond donors (Lipinski definition) is 0. The van der Waals surface area contributed by atoms with E-state index in [1.54, 1.807) is 0 Å². The third-order valence-electron chi connectivity index (χ3n) is 9.12. The van der Waals surface area contributed by atoms with Gasteiger partial charge in [-0.05, 0) is 77.0 Å². The lowest BCUT2D eigenvalue weighted by Gasteiger charge is -2.18. The lowest BCUT2D eigenvalue weighted by molar-refractivity contribution is -0.167. The van der Waals surface area contributed by atoms with Gasteiger partial charge in [0, 0.05) is 19.3 Å². The molecule has 0 fully saturated rings. The summed E-state index contributed by atoms with van der Waals surface area (Å²) in [7, 11) is 0. The van der Waals surface area contributed by atoms with Crippen LogP contribution >= 0.6 is 0 Å². The second-order valence-electron chi connectivity index (χ2n) is 14.3. The number of carbonyl (C=O) groups is 3. The lowest BCUT2D eigenvalue weighted by Crippen LogP contribution is -2.30. The van der Waals surface area contributed by atoms with Crippen molar-refractivity contribution in [3.63, 3.8) is 0 Å². The van der Waals surface area contributed by atoms with E-state index in [4.69, 9.17) is 14.2 Å². The average Bonchev–Trinajstić information content (AvgIpc) is 3.13. The largest absolute Gasteiger partial charge is 0.462 e. The maximum Gasteiger partial charge on any atom is 0.306 e. The normalized spacial score (nSPS) is 12.3. The first-order valence-electron chi connectivity index (χ1n) is 21.5. The van der Waals surface area contributed by atoms with Crippen molar-refractivity contribution in [3.05, 3.63) is 36.5 Å². The number of unbranched alkanes of at least 4 members (excludes halogenated alkanes) is 21. The van der Waals surface area contributed by atoms with Gasteiger partial charge < -0.3 is 14.2 Å². The van der Waals surface area contributed by atoms with Crippen LogP contribution in [-0.2, 0) is 28.6 Å². The van der Waals surface area contributed by atoms with Crippen molar-refractivity contribution < 1.29 is 28.6 Å². The van der Waals surface area contributed by atoms with Crippen molar-refractivity contribution in [1.82, 2.24) is 0 Å². The predicted octanol–water partition coefficient (Wildman–Crippen LogP) is 13.4. The molecule has 0 radical (unpaired) electrons. The molecule has 0 bridgehead atoms. The van der Waals surface area contributed by atoms with E-state index in [1.807, 2.05) is 0 Å². The minimum Gasteiger partial charge on any atom is -0.462 e. The Morgan fingerprint density at radius 3 is 1.14 bits per heavy atom. The fourth-order valence-corrected chi connectivity index (χ4v) is 5.82. The van der Waals surface area contributed by atoms with Gasteiger partial charge in [0.1, 0.15) is 13.2 Å². The van der Waals surface area contributed by atoms with Crippen LogP contribution in [0.5, 0.6) is 0 Å². The van der Waals surface area contributed by atoms with Gasteiger partial charge in [0.25, 0.3) is 0 Å². The number of allylic oxidation sites excluding steroid dienone is 6. The van der Waals surface area contributed by atoms with Gasteiger partial charge in [0.05, 0.1) is 0 Å². The van der Waals surface area contributed by atoms with Crippen LogP contribution in [0.4, 0.5) is 0 Å². The quantitative estimate of drug-likeness (QED) is 0.0274. The fourth-order valence-electron chi connectivity index (χ4n) is 5.82. The Morgan fingerprint density at radius 2 is 0.706 bits per heavy atom. The molecule has 0 rings (SSSR count). The molecule has 0 aromatic carbocycles. The van der Waals surface area contributed by atoms with E-state index in [1.165, 1.54) is 83.5 Å². The average molecular weight is 717 g/mol. The van der Waals surface area contributed by atoms with Crippen LogP contribution < -0.4 is 0 Å². The van der Waals surface area contributed by atoms with E-state index in [-0.39, 0.29) is 31.1 Å². The summed E-state index contributed by atoms with van der Waals surface area (Å²) in [6.07, 6.45) is 44.2. The molecule has 0 amide bonds. The van der Waals surface area contributed by atoms with E-state index in [0.717, 1.165) is 89.9 Å². The van der Waals surface area contributed by atoms with Gasteiger partial charge in [-0.1, -0.05) is 154 Å². The lowest BCUT2D eigenvalue weighted by atomic mass is 10.1. The Bertz CT molecular complexity index is 876. The van der Waals surface area contributed by atoms with Crippen molar-refractivity contribution >= 4 is 17.9 Å².